The number of carbonyl (C=O) groups excluding carboxylic acids is 1. The molecule has 2 N–H and O–H groups in total. The van der Waals surface area contributed by atoms with Crippen LogP contribution in [0.2, 0.25) is 0 Å². The largest absolute Gasteiger partial charge is 0.352 e. The van der Waals surface area contributed by atoms with E-state index < -0.39 is 15.9 Å². The van der Waals surface area contributed by atoms with Crippen LogP contribution in [0.5, 0.6) is 0 Å². The minimum Gasteiger partial charge on any atom is -0.352 e. The smallest absolute Gasteiger partial charge is 0.251 e. The van der Waals surface area contributed by atoms with Gasteiger partial charge >= 0.3 is 0 Å². The first-order valence-corrected chi connectivity index (χ1v) is 10.6. The lowest BCUT2D eigenvalue weighted by Gasteiger charge is -2.09. The Balaban J connectivity index is 1.62. The maximum atomic E-state index is 13.6. The average molecular weight is 412 g/mol. The van der Waals surface area contributed by atoms with Crippen molar-refractivity contribution in [3.63, 3.8) is 0 Å². The molecule has 0 aliphatic rings. The maximum Gasteiger partial charge on any atom is 0.251 e. The number of amides is 1. The van der Waals surface area contributed by atoms with E-state index in [1.165, 1.54) is 30.3 Å². The maximum absolute atomic E-state index is 13.6. The molecular weight excluding hydrogens is 391 g/mol. The number of sulfonamides is 1. The van der Waals surface area contributed by atoms with Gasteiger partial charge in [-0.3, -0.25) is 4.79 Å². The van der Waals surface area contributed by atoms with Crippen LogP contribution in [0.25, 0.3) is 0 Å². The van der Waals surface area contributed by atoms with Crippen molar-refractivity contribution in [1.82, 2.24) is 10.0 Å². The highest BCUT2D eigenvalue weighted by molar-refractivity contribution is 7.89. The highest BCUT2D eigenvalue weighted by atomic mass is 32.2. The summed E-state index contributed by atoms with van der Waals surface area (Å²) in [5.74, 6) is -0.735. The van der Waals surface area contributed by atoms with Crippen molar-refractivity contribution in [2.24, 2.45) is 0 Å². The van der Waals surface area contributed by atoms with Gasteiger partial charge in [-0.15, -0.1) is 0 Å². The van der Waals surface area contributed by atoms with Crippen molar-refractivity contribution < 1.29 is 17.6 Å². The zero-order chi connectivity index (χ0) is 20.7. The molecule has 0 bridgehead atoms. The fraction of sp³-hybridized carbons (Fsp3) is 0.136. The first kappa shape index (κ1) is 20.7. The number of benzene rings is 3. The Bertz CT molecular complexity index is 1090. The monoisotopic (exact) mass is 412 g/mol. The molecule has 0 aliphatic carbocycles. The Morgan fingerprint density at radius 1 is 0.897 bits per heavy atom. The summed E-state index contributed by atoms with van der Waals surface area (Å²) in [6.07, 6.45) is 0.342. The zero-order valence-corrected chi connectivity index (χ0v) is 16.5. The molecule has 0 fully saturated rings. The van der Waals surface area contributed by atoms with Gasteiger partial charge in [0.15, 0.2) is 0 Å². The van der Waals surface area contributed by atoms with Crippen LogP contribution in [-0.4, -0.2) is 20.9 Å². The Hall–Kier alpha value is -3.03. The third-order valence-corrected chi connectivity index (χ3v) is 5.75. The van der Waals surface area contributed by atoms with E-state index in [1.54, 1.807) is 18.2 Å². The molecule has 0 unspecified atom stereocenters. The second-order valence-corrected chi connectivity index (χ2v) is 8.20. The van der Waals surface area contributed by atoms with Gasteiger partial charge < -0.3 is 5.32 Å². The number of rotatable bonds is 8. The van der Waals surface area contributed by atoms with E-state index in [9.17, 15) is 17.6 Å². The summed E-state index contributed by atoms with van der Waals surface area (Å²) in [4.78, 5) is 12.4. The van der Waals surface area contributed by atoms with E-state index in [1.807, 2.05) is 30.3 Å². The van der Waals surface area contributed by atoms with E-state index in [0.717, 1.165) is 5.56 Å². The van der Waals surface area contributed by atoms with Gasteiger partial charge in [0.2, 0.25) is 10.0 Å². The molecule has 0 atom stereocenters. The summed E-state index contributed by atoms with van der Waals surface area (Å²) in [6, 6.07) is 21.3. The van der Waals surface area contributed by atoms with Gasteiger partial charge in [-0.2, -0.15) is 0 Å². The number of carbonyl (C=O) groups is 1. The third kappa shape index (κ3) is 5.73. The van der Waals surface area contributed by atoms with Gasteiger partial charge in [0.1, 0.15) is 5.82 Å². The van der Waals surface area contributed by atoms with Crippen molar-refractivity contribution in [2.45, 2.75) is 17.9 Å². The molecule has 0 saturated heterocycles. The molecule has 1 amide bonds. The number of hydrogen-bond acceptors (Lipinski definition) is 3. The Morgan fingerprint density at radius 2 is 1.62 bits per heavy atom. The quantitative estimate of drug-likeness (QED) is 0.596. The molecule has 3 aromatic carbocycles. The molecule has 0 aromatic heterocycles. The normalized spacial score (nSPS) is 11.2. The first-order valence-electron chi connectivity index (χ1n) is 9.11. The van der Waals surface area contributed by atoms with Crippen molar-refractivity contribution >= 4 is 15.9 Å². The van der Waals surface area contributed by atoms with Crippen LogP contribution in [0.15, 0.2) is 83.8 Å². The summed E-state index contributed by atoms with van der Waals surface area (Å²) in [6.45, 7) is 0.394. The summed E-state index contributed by atoms with van der Waals surface area (Å²) in [5.41, 5.74) is 1.56. The van der Waals surface area contributed by atoms with E-state index in [0.29, 0.717) is 12.0 Å². The minimum absolute atomic E-state index is 0.00943. The molecule has 0 radical (unpaired) electrons. The van der Waals surface area contributed by atoms with Gasteiger partial charge in [-0.1, -0.05) is 54.6 Å². The summed E-state index contributed by atoms with van der Waals surface area (Å²) < 4.78 is 41.2. The number of hydrogen-bond donors (Lipinski definition) is 2. The van der Waals surface area contributed by atoms with Crippen LogP contribution in [0.1, 0.15) is 21.5 Å². The molecule has 3 aromatic rings. The molecule has 5 nitrogen and oxygen atoms in total. The van der Waals surface area contributed by atoms with Crippen molar-refractivity contribution in [3.05, 3.63) is 101 Å². The van der Waals surface area contributed by atoms with E-state index in [4.69, 9.17) is 0 Å². The topological polar surface area (TPSA) is 75.3 Å². The highest BCUT2D eigenvalue weighted by Gasteiger charge is 2.16. The van der Waals surface area contributed by atoms with Gasteiger partial charge in [-0.25, -0.2) is 17.5 Å². The fourth-order valence-electron chi connectivity index (χ4n) is 2.78. The molecule has 150 valence electrons. The summed E-state index contributed by atoms with van der Waals surface area (Å²) in [5, 5.41) is 2.69. The van der Waals surface area contributed by atoms with Crippen molar-refractivity contribution in [3.8, 4) is 0 Å². The zero-order valence-electron chi connectivity index (χ0n) is 15.6. The van der Waals surface area contributed by atoms with Crippen LogP contribution in [0.3, 0.4) is 0 Å². The molecule has 0 spiro atoms. The molecule has 7 heteroatoms. The molecule has 0 heterocycles. The summed E-state index contributed by atoms with van der Waals surface area (Å²) >= 11 is 0. The van der Waals surface area contributed by atoms with Crippen molar-refractivity contribution in [2.75, 3.05) is 6.54 Å². The standard InChI is InChI=1S/C22H21FN2O3S/c23-21-12-5-4-9-18(21)13-14-24-22(26)19-10-6-11-20(15-19)29(27,28)25-16-17-7-2-1-3-8-17/h1-12,15,25H,13-14,16H2,(H,24,26). The molecular formula is C22H21FN2O3S. The molecule has 0 aliphatic heterocycles. The van der Waals surface area contributed by atoms with E-state index in [-0.39, 0.29) is 29.4 Å². The number of nitrogens with one attached hydrogen (secondary N) is 2. The number of halogens is 1. The lowest BCUT2D eigenvalue weighted by molar-refractivity contribution is 0.0954. The Kier molecular flexibility index (Phi) is 6.74. The van der Waals surface area contributed by atoms with Crippen LogP contribution in [0.4, 0.5) is 4.39 Å². The van der Waals surface area contributed by atoms with Gasteiger partial charge in [-0.05, 0) is 41.8 Å². The average Bonchev–Trinajstić information content (AvgIpc) is 2.74. The fourth-order valence-corrected chi connectivity index (χ4v) is 3.84. The van der Waals surface area contributed by atoms with E-state index in [2.05, 4.69) is 10.0 Å². The van der Waals surface area contributed by atoms with Crippen LogP contribution in [-0.2, 0) is 23.0 Å². The molecule has 29 heavy (non-hydrogen) atoms. The molecule has 3 rings (SSSR count). The molecule has 0 saturated carbocycles. The van der Waals surface area contributed by atoms with Gasteiger partial charge in [0, 0.05) is 18.7 Å². The van der Waals surface area contributed by atoms with Gasteiger partial charge in [0.25, 0.3) is 5.91 Å². The van der Waals surface area contributed by atoms with Crippen LogP contribution < -0.4 is 10.0 Å². The van der Waals surface area contributed by atoms with Crippen molar-refractivity contribution in [1.29, 1.82) is 0 Å². The second kappa shape index (κ2) is 9.45. The third-order valence-electron chi connectivity index (χ3n) is 4.35. The lowest BCUT2D eigenvalue weighted by atomic mass is 10.1. The van der Waals surface area contributed by atoms with Crippen LogP contribution >= 0.6 is 0 Å². The Morgan fingerprint density at radius 3 is 2.38 bits per heavy atom. The predicted octanol–water partition coefficient (Wildman–Crippen LogP) is 3.28. The van der Waals surface area contributed by atoms with Crippen LogP contribution in [0, 0.1) is 5.82 Å². The van der Waals surface area contributed by atoms with Gasteiger partial charge in [0.05, 0.1) is 4.90 Å². The minimum atomic E-state index is -3.76. The summed E-state index contributed by atoms with van der Waals surface area (Å²) in [7, 11) is -3.76. The van der Waals surface area contributed by atoms with E-state index >= 15 is 0 Å². The Labute approximate surface area is 169 Å². The first-order chi connectivity index (χ1) is 14.0. The SMILES string of the molecule is O=C(NCCc1ccccc1F)c1cccc(S(=O)(=O)NCc2ccccc2)c1. The second-order valence-electron chi connectivity index (χ2n) is 6.44. The predicted molar refractivity (Wildman–Crippen MR) is 109 cm³/mol. The highest BCUT2D eigenvalue weighted by Crippen LogP contribution is 2.13. The lowest BCUT2D eigenvalue weighted by Crippen LogP contribution is -2.27.